The van der Waals surface area contributed by atoms with E-state index in [9.17, 15) is 37.5 Å². The van der Waals surface area contributed by atoms with E-state index < -0.39 is 57.9 Å². The molecule has 0 aliphatic carbocycles. The van der Waals surface area contributed by atoms with Gasteiger partial charge in [-0.25, -0.2) is 23.0 Å². The number of hydrogen-bond acceptors (Lipinski definition) is 9. The number of piperidine rings is 1. The maximum atomic E-state index is 15.5. The van der Waals surface area contributed by atoms with Crippen molar-refractivity contribution in [2.24, 2.45) is 7.05 Å². The van der Waals surface area contributed by atoms with Crippen molar-refractivity contribution in [3.8, 4) is 22.6 Å². The lowest BCUT2D eigenvalue weighted by Crippen LogP contribution is -2.44. The molecule has 2 fully saturated rings. The molecule has 4 aromatic carbocycles. The number of nitrogens with zero attached hydrogens (tertiary/aromatic N) is 3. The van der Waals surface area contributed by atoms with Crippen LogP contribution in [-0.2, 0) is 31.6 Å². The number of urea groups is 1. The van der Waals surface area contributed by atoms with Crippen molar-refractivity contribution in [1.29, 1.82) is 0 Å². The molecule has 2 aliphatic heterocycles. The fourth-order valence-electron chi connectivity index (χ4n) is 6.31. The van der Waals surface area contributed by atoms with Crippen LogP contribution in [0.2, 0.25) is 0 Å². The molecule has 268 valence electrons. The summed E-state index contributed by atoms with van der Waals surface area (Å²) < 4.78 is 50.7. The highest BCUT2D eigenvalue weighted by Gasteiger charge is 2.38. The van der Waals surface area contributed by atoms with E-state index in [4.69, 9.17) is 4.74 Å². The van der Waals surface area contributed by atoms with E-state index >= 15 is 4.39 Å². The van der Waals surface area contributed by atoms with E-state index in [0.717, 1.165) is 11.1 Å². The predicted octanol–water partition coefficient (Wildman–Crippen LogP) is 2.36. The Morgan fingerprint density at radius 1 is 0.981 bits per heavy atom. The topological polar surface area (TPSA) is 210 Å². The maximum absolute atomic E-state index is 15.5. The van der Waals surface area contributed by atoms with Gasteiger partial charge in [-0.3, -0.25) is 28.8 Å². The molecule has 16 nitrogen and oxygen atoms in total. The largest absolute Gasteiger partial charge is 0.506 e. The average Bonchev–Trinajstić information content (AvgIpc) is 3.52. The molecule has 0 radical (unpaired) electrons. The Bertz CT molecular complexity index is 2500. The van der Waals surface area contributed by atoms with Crippen molar-refractivity contribution >= 4 is 67.1 Å². The van der Waals surface area contributed by atoms with Crippen molar-refractivity contribution in [3.05, 3.63) is 83.0 Å². The molecule has 18 heteroatoms. The molecule has 1 atom stereocenters. The number of phenols is 1. The van der Waals surface area contributed by atoms with Crippen LogP contribution in [0.3, 0.4) is 0 Å². The van der Waals surface area contributed by atoms with Crippen LogP contribution in [0.15, 0.2) is 71.5 Å². The number of imidazole rings is 1. The number of ether oxygens (including phenoxy) is 1. The van der Waals surface area contributed by atoms with E-state index in [1.54, 1.807) is 42.1 Å². The fraction of sp³-hybridized carbons (Fsp3) is 0.206. The predicted molar refractivity (Wildman–Crippen MR) is 187 cm³/mol. The molecule has 5 N–H and O–H groups in total. The number of phenolic OH excluding ortho intramolecular Hbond substituents is 1. The Kier molecular flexibility index (Phi) is 8.53. The van der Waals surface area contributed by atoms with Crippen LogP contribution in [0.5, 0.6) is 11.5 Å². The van der Waals surface area contributed by atoms with Crippen molar-refractivity contribution in [3.63, 3.8) is 0 Å². The van der Waals surface area contributed by atoms with Crippen molar-refractivity contribution < 1.29 is 41.8 Å². The number of fused-ring (bicyclic) bond motifs is 2. The van der Waals surface area contributed by atoms with Gasteiger partial charge in [0.15, 0.2) is 5.82 Å². The van der Waals surface area contributed by atoms with Gasteiger partial charge in [0.2, 0.25) is 11.8 Å². The quantitative estimate of drug-likeness (QED) is 0.117. The molecule has 5 aromatic rings. The highest BCUT2D eigenvalue weighted by Crippen LogP contribution is 2.39. The smallest absolute Gasteiger partial charge is 0.329 e. The molecule has 1 aromatic heterocycles. The van der Waals surface area contributed by atoms with Crippen LogP contribution in [0.4, 0.5) is 20.6 Å². The second-order valence-electron chi connectivity index (χ2n) is 12.2. The Hall–Kier alpha value is -6.43. The molecule has 52 heavy (non-hydrogen) atoms. The fourth-order valence-corrected chi connectivity index (χ4v) is 7.47. The number of carbonyl (C=O) groups excluding carboxylic acids is 4. The Morgan fingerprint density at radius 2 is 1.73 bits per heavy atom. The molecule has 5 amide bonds. The summed E-state index contributed by atoms with van der Waals surface area (Å²) >= 11 is 0. The number of benzene rings is 4. The third-order valence-electron chi connectivity index (χ3n) is 8.82. The molecular formula is C34H30FN7O9S. The van der Waals surface area contributed by atoms with Crippen LogP contribution >= 0.6 is 0 Å². The number of halogens is 1. The first-order valence-electron chi connectivity index (χ1n) is 15.9. The van der Waals surface area contributed by atoms with E-state index in [0.29, 0.717) is 21.0 Å². The van der Waals surface area contributed by atoms with Gasteiger partial charge >= 0.3 is 21.9 Å². The van der Waals surface area contributed by atoms with Crippen LogP contribution in [0, 0.1) is 5.82 Å². The van der Waals surface area contributed by atoms with Gasteiger partial charge in [0.1, 0.15) is 36.4 Å². The highest BCUT2D eigenvalue weighted by molar-refractivity contribution is 7.92. The van der Waals surface area contributed by atoms with Crippen LogP contribution in [0.1, 0.15) is 18.9 Å². The zero-order chi connectivity index (χ0) is 36.9. The van der Waals surface area contributed by atoms with E-state index in [2.05, 4.69) is 16.0 Å². The third kappa shape index (κ3) is 6.23. The molecule has 7 rings (SSSR count). The summed E-state index contributed by atoms with van der Waals surface area (Å²) in [5.41, 5.74) is 2.26. The zero-order valence-corrected chi connectivity index (χ0v) is 28.1. The van der Waals surface area contributed by atoms with Crippen molar-refractivity contribution in [2.45, 2.75) is 18.9 Å². The number of imide groups is 1. The first kappa shape index (κ1) is 34.0. The summed E-state index contributed by atoms with van der Waals surface area (Å²) in [7, 11) is -2.75. The molecule has 2 saturated heterocycles. The number of aromatic hydroxyl groups is 1. The van der Waals surface area contributed by atoms with Gasteiger partial charge < -0.3 is 20.5 Å². The minimum absolute atomic E-state index is 0.000397. The standard InChI is InChI=1S/C34H30FN7O9S/c1-40-26-14-19(5-9-24(26)42(34(40)48)25-10-11-28(44)38-32(25)46)18-2-6-21(7-3-18)37-33(47)36-12-13-51-22-8-4-20-15-27(43)31(30(35)23(20)16-22)41-17-29(45)39-52(41,49)50/h2-9,14-16,25,43H,10-13,17H2,1H3,(H,39,45)(H2,36,37,47)(H,38,44,46). The minimum Gasteiger partial charge on any atom is -0.506 e. The zero-order valence-electron chi connectivity index (χ0n) is 27.3. The Morgan fingerprint density at radius 3 is 2.44 bits per heavy atom. The number of hydrogen-bond donors (Lipinski definition) is 5. The summed E-state index contributed by atoms with van der Waals surface area (Å²) in [6.07, 6.45) is 0.382. The van der Waals surface area contributed by atoms with Crippen LogP contribution in [0.25, 0.3) is 32.9 Å². The van der Waals surface area contributed by atoms with Gasteiger partial charge in [0.05, 0.1) is 17.6 Å². The van der Waals surface area contributed by atoms with Crippen LogP contribution < -0.4 is 35.4 Å². The van der Waals surface area contributed by atoms with Gasteiger partial charge in [-0.05, 0) is 65.4 Å². The summed E-state index contributed by atoms with van der Waals surface area (Å²) in [6.45, 7) is -0.613. The second-order valence-corrected chi connectivity index (χ2v) is 13.8. The van der Waals surface area contributed by atoms with Gasteiger partial charge in [0, 0.05) is 24.5 Å². The average molecular weight is 732 g/mol. The second kappa shape index (κ2) is 13.0. The number of aromatic nitrogens is 2. The van der Waals surface area contributed by atoms with Crippen molar-refractivity contribution in [1.82, 2.24) is 24.5 Å². The number of amides is 5. The number of nitrogens with one attached hydrogen (secondary N) is 4. The van der Waals surface area contributed by atoms with E-state index in [1.807, 2.05) is 12.1 Å². The highest BCUT2D eigenvalue weighted by atomic mass is 32.2. The lowest BCUT2D eigenvalue weighted by Gasteiger charge is -2.21. The van der Waals surface area contributed by atoms with E-state index in [1.165, 1.54) is 33.4 Å². The Labute approximate surface area is 293 Å². The van der Waals surface area contributed by atoms with Crippen LogP contribution in [-0.4, -0.2) is 66.1 Å². The molecule has 0 bridgehead atoms. The molecular weight excluding hydrogens is 701 g/mol. The third-order valence-corrected chi connectivity index (χ3v) is 10.2. The first-order chi connectivity index (χ1) is 24.8. The summed E-state index contributed by atoms with van der Waals surface area (Å²) in [6, 6.07) is 16.6. The van der Waals surface area contributed by atoms with E-state index in [-0.39, 0.29) is 54.1 Å². The number of aryl methyl sites for hydroxylation is 1. The number of rotatable bonds is 8. The number of carbonyl (C=O) groups is 4. The normalized spacial score (nSPS) is 16.9. The Balaban J connectivity index is 0.961. The lowest BCUT2D eigenvalue weighted by atomic mass is 10.0. The molecule has 3 heterocycles. The van der Waals surface area contributed by atoms with Crippen molar-refractivity contribution in [2.75, 3.05) is 29.3 Å². The van der Waals surface area contributed by atoms with Gasteiger partial charge in [-0.2, -0.15) is 8.42 Å². The molecule has 0 saturated carbocycles. The van der Waals surface area contributed by atoms with Gasteiger partial charge in [0.25, 0.3) is 5.91 Å². The summed E-state index contributed by atoms with van der Waals surface area (Å²) in [5, 5.41) is 18.2. The van der Waals surface area contributed by atoms with Gasteiger partial charge in [-0.15, -0.1) is 0 Å². The summed E-state index contributed by atoms with van der Waals surface area (Å²) in [5.74, 6) is -3.23. The molecule has 1 unspecified atom stereocenters. The maximum Gasteiger partial charge on any atom is 0.329 e. The molecule has 0 spiro atoms. The minimum atomic E-state index is -4.36. The lowest BCUT2D eigenvalue weighted by molar-refractivity contribution is -0.135. The van der Waals surface area contributed by atoms with Gasteiger partial charge in [-0.1, -0.05) is 24.3 Å². The summed E-state index contributed by atoms with van der Waals surface area (Å²) in [4.78, 5) is 61.4. The first-order valence-corrected chi connectivity index (χ1v) is 17.4. The monoisotopic (exact) mass is 731 g/mol. The number of anilines is 2. The molecule has 2 aliphatic rings. The SMILES string of the molecule is Cn1c(=O)n(C2CCC(=O)NC2=O)c2ccc(-c3ccc(NC(=O)NCCOc4ccc5cc(O)c(N6CC(=O)NS6(=O)=O)c(F)c5c4)cc3)cc21.